The Labute approximate surface area is 163 Å². The van der Waals surface area contributed by atoms with Crippen molar-refractivity contribution >= 4 is 40.7 Å². The van der Waals surface area contributed by atoms with E-state index in [0.717, 1.165) is 28.1 Å². The number of rotatable bonds is 5. The third kappa shape index (κ3) is 4.89. The van der Waals surface area contributed by atoms with Crippen molar-refractivity contribution in [3.8, 4) is 5.75 Å². The Balaban J connectivity index is 2.03. The molecule has 2 aromatic rings. The number of hydrogen-bond donors (Lipinski definition) is 3. The number of carbonyl (C=O) groups excluding carboxylic acids is 1. The van der Waals surface area contributed by atoms with Crippen LogP contribution in [-0.2, 0) is 6.42 Å². The van der Waals surface area contributed by atoms with E-state index in [-0.39, 0.29) is 5.91 Å². The van der Waals surface area contributed by atoms with Crippen LogP contribution in [-0.4, -0.2) is 24.4 Å². The Morgan fingerprint density at radius 1 is 1.23 bits per heavy atom. The van der Waals surface area contributed by atoms with E-state index < -0.39 is 0 Å². The number of anilines is 1. The first-order valence-electron chi connectivity index (χ1n) is 8.18. The van der Waals surface area contributed by atoms with E-state index in [2.05, 4.69) is 29.2 Å². The quantitative estimate of drug-likeness (QED) is 0.409. The van der Waals surface area contributed by atoms with Gasteiger partial charge in [-0.1, -0.05) is 25.1 Å². The van der Waals surface area contributed by atoms with Gasteiger partial charge in [-0.2, -0.15) is 0 Å². The maximum absolute atomic E-state index is 12.4. The highest BCUT2D eigenvalue weighted by atomic mass is 32.2. The molecule has 0 heterocycles. The van der Waals surface area contributed by atoms with Crippen LogP contribution in [0.3, 0.4) is 0 Å². The monoisotopic (exact) mass is 389 g/mol. The van der Waals surface area contributed by atoms with Gasteiger partial charge in [-0.25, -0.2) is 0 Å². The number of ether oxygens (including phenoxy) is 1. The summed E-state index contributed by atoms with van der Waals surface area (Å²) in [5, 5.41) is 3.48. The molecule has 5 nitrogen and oxygen atoms in total. The summed E-state index contributed by atoms with van der Waals surface area (Å²) >= 11 is 6.89. The number of benzene rings is 2. The van der Waals surface area contributed by atoms with E-state index in [9.17, 15) is 4.79 Å². The maximum Gasteiger partial charge on any atom is 0.273 e. The van der Waals surface area contributed by atoms with Crippen LogP contribution in [0, 0.1) is 6.92 Å². The fourth-order valence-electron chi connectivity index (χ4n) is 2.51. The number of methoxy groups -OCH3 is 1. The van der Waals surface area contributed by atoms with Crippen LogP contribution in [0.2, 0.25) is 0 Å². The average molecular weight is 390 g/mol. The predicted molar refractivity (Wildman–Crippen MR) is 112 cm³/mol. The Morgan fingerprint density at radius 3 is 2.65 bits per heavy atom. The minimum Gasteiger partial charge on any atom is -0.496 e. The molecule has 2 aromatic carbocycles. The van der Waals surface area contributed by atoms with Crippen LogP contribution >= 0.6 is 24.0 Å². The van der Waals surface area contributed by atoms with E-state index in [1.807, 2.05) is 37.4 Å². The standard InChI is InChI=1S/C19H23N3O2S2/c1-5-13-8-6-7-12(2)17(13)20-19(25)22-21-18(23)15-10-9-14(26-4)11-16(15)24-3/h6-11H,5H2,1-4H3,(H,21,23)(H2,20,22,25). The molecule has 0 saturated carbocycles. The van der Waals surface area contributed by atoms with E-state index in [0.29, 0.717) is 16.4 Å². The van der Waals surface area contributed by atoms with Crippen molar-refractivity contribution in [2.45, 2.75) is 25.2 Å². The summed E-state index contributed by atoms with van der Waals surface area (Å²) < 4.78 is 5.31. The summed E-state index contributed by atoms with van der Waals surface area (Å²) in [6.07, 6.45) is 2.86. The molecule has 0 unspecified atom stereocenters. The van der Waals surface area contributed by atoms with Crippen molar-refractivity contribution < 1.29 is 9.53 Å². The summed E-state index contributed by atoms with van der Waals surface area (Å²) in [4.78, 5) is 13.4. The zero-order valence-corrected chi connectivity index (χ0v) is 16.9. The van der Waals surface area contributed by atoms with Crippen molar-refractivity contribution in [3.05, 3.63) is 53.1 Å². The molecule has 0 radical (unpaired) electrons. The minimum atomic E-state index is -0.320. The molecule has 0 bridgehead atoms. The summed E-state index contributed by atoms with van der Waals surface area (Å²) in [5.74, 6) is 0.196. The number of hydrazine groups is 1. The van der Waals surface area contributed by atoms with Gasteiger partial charge in [0.1, 0.15) is 5.75 Å². The minimum absolute atomic E-state index is 0.320. The second-order valence-corrected chi connectivity index (χ2v) is 6.85. The molecule has 0 aromatic heterocycles. The summed E-state index contributed by atoms with van der Waals surface area (Å²) in [6, 6.07) is 11.5. The van der Waals surface area contributed by atoms with Crippen LogP contribution in [0.5, 0.6) is 5.75 Å². The fraction of sp³-hybridized carbons (Fsp3) is 0.263. The molecule has 0 atom stereocenters. The lowest BCUT2D eigenvalue weighted by atomic mass is 10.1. The molecular formula is C19H23N3O2S2. The van der Waals surface area contributed by atoms with Crippen molar-refractivity contribution in [1.29, 1.82) is 0 Å². The number of amides is 1. The van der Waals surface area contributed by atoms with Crippen LogP contribution < -0.4 is 20.9 Å². The Kier molecular flexibility index (Phi) is 7.29. The van der Waals surface area contributed by atoms with Gasteiger partial charge in [0.2, 0.25) is 0 Å². The summed E-state index contributed by atoms with van der Waals surface area (Å²) in [7, 11) is 1.54. The first-order valence-corrected chi connectivity index (χ1v) is 9.81. The largest absolute Gasteiger partial charge is 0.496 e. The van der Waals surface area contributed by atoms with Gasteiger partial charge < -0.3 is 10.1 Å². The zero-order valence-electron chi connectivity index (χ0n) is 15.3. The molecule has 0 aliphatic carbocycles. The third-order valence-corrected chi connectivity index (χ3v) is 4.85. The van der Waals surface area contributed by atoms with Crippen LogP contribution in [0.4, 0.5) is 5.69 Å². The van der Waals surface area contributed by atoms with E-state index >= 15 is 0 Å². The molecule has 0 fully saturated rings. The smallest absolute Gasteiger partial charge is 0.273 e. The molecule has 3 N–H and O–H groups in total. The topological polar surface area (TPSA) is 62.4 Å². The highest BCUT2D eigenvalue weighted by molar-refractivity contribution is 7.98. The molecule has 0 saturated heterocycles. The van der Waals surface area contributed by atoms with Crippen LogP contribution in [0.1, 0.15) is 28.4 Å². The van der Waals surface area contributed by atoms with E-state index in [1.54, 1.807) is 24.9 Å². The number of thiocarbonyl (C=S) groups is 1. The SMILES string of the molecule is CCc1cccc(C)c1NC(=S)NNC(=O)c1ccc(SC)cc1OC. The maximum atomic E-state index is 12.4. The van der Waals surface area contributed by atoms with Gasteiger partial charge in [0.05, 0.1) is 12.7 Å². The van der Waals surface area contributed by atoms with Crippen molar-refractivity contribution in [2.75, 3.05) is 18.7 Å². The number of hydrogen-bond acceptors (Lipinski definition) is 4. The predicted octanol–water partition coefficient (Wildman–Crippen LogP) is 3.92. The van der Waals surface area contributed by atoms with Crippen molar-refractivity contribution in [1.82, 2.24) is 10.9 Å². The molecule has 26 heavy (non-hydrogen) atoms. The van der Waals surface area contributed by atoms with Gasteiger partial charge >= 0.3 is 0 Å². The van der Waals surface area contributed by atoms with E-state index in [1.165, 1.54) is 0 Å². The molecule has 0 spiro atoms. The number of para-hydroxylation sites is 1. The third-order valence-electron chi connectivity index (χ3n) is 3.92. The second-order valence-electron chi connectivity index (χ2n) is 5.56. The Hall–Kier alpha value is -2.25. The molecule has 0 aliphatic rings. The van der Waals surface area contributed by atoms with Gasteiger partial charge in [-0.3, -0.25) is 15.6 Å². The number of thioether (sulfide) groups is 1. The summed E-state index contributed by atoms with van der Waals surface area (Å²) in [5.41, 5.74) is 9.01. The van der Waals surface area contributed by atoms with Gasteiger partial charge in [-0.15, -0.1) is 11.8 Å². The number of nitrogens with one attached hydrogen (secondary N) is 3. The number of aryl methyl sites for hydroxylation is 2. The Bertz CT molecular complexity index is 809. The van der Waals surface area contributed by atoms with E-state index in [4.69, 9.17) is 17.0 Å². The first-order chi connectivity index (χ1) is 12.5. The summed E-state index contributed by atoms with van der Waals surface area (Å²) in [6.45, 7) is 4.10. The normalized spacial score (nSPS) is 10.2. The number of carbonyl (C=O) groups is 1. The molecule has 2 rings (SSSR count). The molecule has 1 amide bonds. The van der Waals surface area contributed by atoms with Gasteiger partial charge in [0.15, 0.2) is 5.11 Å². The van der Waals surface area contributed by atoms with Crippen molar-refractivity contribution in [3.63, 3.8) is 0 Å². The lowest BCUT2D eigenvalue weighted by molar-refractivity contribution is 0.0941. The van der Waals surface area contributed by atoms with Crippen LogP contribution in [0.25, 0.3) is 0 Å². The highest BCUT2D eigenvalue weighted by Crippen LogP contribution is 2.25. The Morgan fingerprint density at radius 2 is 2.00 bits per heavy atom. The lowest BCUT2D eigenvalue weighted by Gasteiger charge is -2.16. The molecule has 7 heteroatoms. The molecule has 138 valence electrons. The zero-order chi connectivity index (χ0) is 19.1. The fourth-order valence-corrected chi connectivity index (χ4v) is 3.10. The van der Waals surface area contributed by atoms with Gasteiger partial charge in [-0.05, 0) is 61.1 Å². The van der Waals surface area contributed by atoms with Gasteiger partial charge in [0.25, 0.3) is 5.91 Å². The molecular weight excluding hydrogens is 366 g/mol. The highest BCUT2D eigenvalue weighted by Gasteiger charge is 2.13. The van der Waals surface area contributed by atoms with Gasteiger partial charge in [0, 0.05) is 10.6 Å². The second kappa shape index (κ2) is 9.45. The van der Waals surface area contributed by atoms with Crippen molar-refractivity contribution in [2.24, 2.45) is 0 Å². The first kappa shape index (κ1) is 20.1. The lowest BCUT2D eigenvalue weighted by Crippen LogP contribution is -2.44. The van der Waals surface area contributed by atoms with Crippen LogP contribution in [0.15, 0.2) is 41.3 Å². The molecule has 0 aliphatic heterocycles. The average Bonchev–Trinajstić information content (AvgIpc) is 2.67.